The summed E-state index contributed by atoms with van der Waals surface area (Å²) in [6.45, 7) is 4.68. The smallest absolute Gasteiger partial charge is 0.241 e. The number of aryl methyl sites for hydroxylation is 4. The zero-order chi connectivity index (χ0) is 13.4. The van der Waals surface area contributed by atoms with Gasteiger partial charge in [0.05, 0.1) is 5.69 Å². The Morgan fingerprint density at radius 1 is 1.32 bits per heavy atom. The Hall–Kier alpha value is -1.97. The van der Waals surface area contributed by atoms with Crippen molar-refractivity contribution in [3.8, 4) is 11.6 Å². The minimum Gasteiger partial charge on any atom is -0.437 e. The molecule has 2 aromatic rings. The molecule has 0 spiro atoms. The fourth-order valence-electron chi connectivity index (χ4n) is 2.62. The lowest BCUT2D eigenvalue weighted by Gasteiger charge is -2.09. The van der Waals surface area contributed by atoms with E-state index >= 15 is 0 Å². The molecule has 0 saturated carbocycles. The largest absolute Gasteiger partial charge is 0.437 e. The van der Waals surface area contributed by atoms with Gasteiger partial charge in [-0.2, -0.15) is 5.10 Å². The second-order valence-electron chi connectivity index (χ2n) is 5.01. The minimum absolute atomic E-state index is 0.627. The van der Waals surface area contributed by atoms with Gasteiger partial charge >= 0.3 is 0 Å². The Bertz CT molecular complexity index is 616. The highest BCUT2D eigenvalue weighted by Gasteiger charge is 2.16. The fraction of sp³-hybridized carbons (Fsp3) is 0.400. The lowest BCUT2D eigenvalue weighted by atomic mass is 10.1. The molecule has 0 bridgehead atoms. The Balaban J connectivity index is 1.93. The number of nitrogen functional groups attached to an aromatic ring is 1. The summed E-state index contributed by atoms with van der Waals surface area (Å²) in [6, 6.07) is 6.31. The van der Waals surface area contributed by atoms with Gasteiger partial charge in [0.2, 0.25) is 5.88 Å². The maximum absolute atomic E-state index is 6.03. The number of nitrogens with two attached hydrogens (primary N) is 1. The van der Waals surface area contributed by atoms with Crippen LogP contribution < -0.4 is 10.5 Å². The van der Waals surface area contributed by atoms with Crippen LogP contribution in [0.2, 0.25) is 0 Å². The highest BCUT2D eigenvalue weighted by atomic mass is 16.5. The third kappa shape index (κ3) is 2.07. The van der Waals surface area contributed by atoms with Crippen LogP contribution in [-0.4, -0.2) is 9.78 Å². The Morgan fingerprint density at radius 2 is 2.11 bits per heavy atom. The summed E-state index contributed by atoms with van der Waals surface area (Å²) in [4.78, 5) is 0. The summed E-state index contributed by atoms with van der Waals surface area (Å²) in [6.07, 6.45) is 3.57. The molecule has 1 aromatic heterocycles. The van der Waals surface area contributed by atoms with Crippen molar-refractivity contribution < 1.29 is 4.74 Å². The van der Waals surface area contributed by atoms with Crippen LogP contribution in [0.5, 0.6) is 11.6 Å². The highest BCUT2D eigenvalue weighted by molar-refractivity contribution is 5.54. The van der Waals surface area contributed by atoms with Crippen molar-refractivity contribution in [2.75, 3.05) is 5.73 Å². The van der Waals surface area contributed by atoms with E-state index in [2.05, 4.69) is 17.2 Å². The third-order valence-electron chi connectivity index (χ3n) is 3.71. The molecule has 1 aliphatic rings. The molecule has 0 fully saturated rings. The molecule has 1 aliphatic carbocycles. The normalized spacial score (nSPS) is 13.6. The molecule has 0 saturated heterocycles. The molecule has 100 valence electrons. The van der Waals surface area contributed by atoms with E-state index in [0.29, 0.717) is 11.6 Å². The van der Waals surface area contributed by atoms with Gasteiger partial charge < -0.3 is 10.5 Å². The number of hydrogen-bond acceptors (Lipinski definition) is 3. The van der Waals surface area contributed by atoms with E-state index in [1.165, 1.54) is 24.0 Å². The molecule has 19 heavy (non-hydrogen) atoms. The van der Waals surface area contributed by atoms with E-state index in [0.717, 1.165) is 24.4 Å². The van der Waals surface area contributed by atoms with Crippen molar-refractivity contribution in [2.24, 2.45) is 0 Å². The lowest BCUT2D eigenvalue weighted by Crippen LogP contribution is -2.01. The van der Waals surface area contributed by atoms with Crippen LogP contribution in [0.1, 0.15) is 30.2 Å². The molecule has 0 aliphatic heterocycles. The SMILES string of the molecule is CCn1nc(C)c(N)c1Oc1ccc2c(c1)CCC2. The molecule has 0 radical (unpaired) electrons. The van der Waals surface area contributed by atoms with Crippen molar-refractivity contribution >= 4 is 5.69 Å². The van der Waals surface area contributed by atoms with Gasteiger partial charge in [-0.3, -0.25) is 0 Å². The summed E-state index contributed by atoms with van der Waals surface area (Å²) >= 11 is 0. The molecule has 3 rings (SSSR count). The average Bonchev–Trinajstić information content (AvgIpc) is 2.98. The second kappa shape index (κ2) is 4.61. The van der Waals surface area contributed by atoms with Gasteiger partial charge in [0.1, 0.15) is 11.4 Å². The van der Waals surface area contributed by atoms with Gasteiger partial charge in [-0.15, -0.1) is 0 Å². The quantitative estimate of drug-likeness (QED) is 0.919. The Kier molecular flexibility index (Phi) is 2.93. The van der Waals surface area contributed by atoms with Gasteiger partial charge in [0.25, 0.3) is 0 Å². The van der Waals surface area contributed by atoms with Crippen molar-refractivity contribution in [1.29, 1.82) is 0 Å². The van der Waals surface area contributed by atoms with Crippen LogP contribution in [-0.2, 0) is 19.4 Å². The molecule has 1 heterocycles. The molecular weight excluding hydrogens is 238 g/mol. The van der Waals surface area contributed by atoms with E-state index < -0.39 is 0 Å². The van der Waals surface area contributed by atoms with Crippen molar-refractivity contribution in [3.63, 3.8) is 0 Å². The van der Waals surface area contributed by atoms with Gasteiger partial charge in [-0.1, -0.05) is 6.07 Å². The van der Waals surface area contributed by atoms with E-state index in [9.17, 15) is 0 Å². The maximum Gasteiger partial charge on any atom is 0.241 e. The van der Waals surface area contributed by atoms with Crippen LogP contribution in [0.25, 0.3) is 0 Å². The van der Waals surface area contributed by atoms with Gasteiger partial charge in [-0.05, 0) is 56.4 Å². The molecule has 4 heteroatoms. The van der Waals surface area contributed by atoms with Crippen molar-refractivity contribution in [2.45, 2.75) is 39.7 Å². The number of nitrogens with zero attached hydrogens (tertiary/aromatic N) is 2. The number of ether oxygens (including phenoxy) is 1. The minimum atomic E-state index is 0.627. The zero-order valence-corrected chi connectivity index (χ0v) is 11.4. The number of benzene rings is 1. The summed E-state index contributed by atoms with van der Waals surface area (Å²) in [5.74, 6) is 1.50. The molecule has 0 atom stereocenters. The third-order valence-corrected chi connectivity index (χ3v) is 3.71. The van der Waals surface area contributed by atoms with Gasteiger partial charge in [0, 0.05) is 6.54 Å². The predicted molar refractivity (Wildman–Crippen MR) is 75.6 cm³/mol. The number of hydrogen-bond donors (Lipinski definition) is 1. The van der Waals surface area contributed by atoms with Crippen LogP contribution in [0.15, 0.2) is 18.2 Å². The standard InChI is InChI=1S/C15H19N3O/c1-3-18-15(14(16)10(2)17-18)19-13-8-7-11-5-4-6-12(11)9-13/h7-9H,3-6,16H2,1-2H3. The Morgan fingerprint density at radius 3 is 2.89 bits per heavy atom. The number of aromatic nitrogens is 2. The first-order chi connectivity index (χ1) is 9.19. The van der Waals surface area contributed by atoms with Crippen LogP contribution in [0, 0.1) is 6.92 Å². The fourth-order valence-corrected chi connectivity index (χ4v) is 2.62. The van der Waals surface area contributed by atoms with E-state index in [1.54, 1.807) is 4.68 Å². The van der Waals surface area contributed by atoms with Crippen molar-refractivity contribution in [1.82, 2.24) is 9.78 Å². The van der Waals surface area contributed by atoms with Crippen molar-refractivity contribution in [3.05, 3.63) is 35.0 Å². The summed E-state index contributed by atoms with van der Waals surface area (Å²) in [5, 5.41) is 4.36. The molecule has 0 unspecified atom stereocenters. The topological polar surface area (TPSA) is 53.1 Å². The van der Waals surface area contributed by atoms with E-state index in [1.807, 2.05) is 19.9 Å². The molecule has 1 aromatic carbocycles. The van der Waals surface area contributed by atoms with Gasteiger partial charge in [-0.25, -0.2) is 4.68 Å². The number of fused-ring (bicyclic) bond motifs is 1. The highest BCUT2D eigenvalue weighted by Crippen LogP contribution is 2.32. The monoisotopic (exact) mass is 257 g/mol. The first-order valence-electron chi connectivity index (χ1n) is 6.81. The molecule has 0 amide bonds. The first-order valence-corrected chi connectivity index (χ1v) is 6.81. The number of anilines is 1. The summed E-state index contributed by atoms with van der Waals surface area (Å²) in [7, 11) is 0. The zero-order valence-electron chi connectivity index (χ0n) is 11.4. The van der Waals surface area contributed by atoms with Gasteiger partial charge in [0.15, 0.2) is 0 Å². The predicted octanol–water partition coefficient (Wildman–Crippen LogP) is 3.07. The van der Waals surface area contributed by atoms with Crippen LogP contribution in [0.3, 0.4) is 0 Å². The van der Waals surface area contributed by atoms with Crippen LogP contribution >= 0.6 is 0 Å². The summed E-state index contributed by atoms with van der Waals surface area (Å²) in [5.41, 5.74) is 10.3. The van der Waals surface area contributed by atoms with Crippen LogP contribution in [0.4, 0.5) is 5.69 Å². The average molecular weight is 257 g/mol. The number of rotatable bonds is 3. The molecular formula is C15H19N3O. The second-order valence-corrected chi connectivity index (χ2v) is 5.01. The summed E-state index contributed by atoms with van der Waals surface area (Å²) < 4.78 is 7.76. The van der Waals surface area contributed by atoms with E-state index in [-0.39, 0.29) is 0 Å². The first kappa shape index (κ1) is 12.1. The maximum atomic E-state index is 6.03. The molecule has 4 nitrogen and oxygen atoms in total. The Labute approximate surface area is 113 Å². The van der Waals surface area contributed by atoms with E-state index in [4.69, 9.17) is 10.5 Å². The molecule has 2 N–H and O–H groups in total. The lowest BCUT2D eigenvalue weighted by molar-refractivity contribution is 0.418.